The molecule has 0 spiro atoms. The molecule has 1 saturated heterocycles. The molecule has 0 radical (unpaired) electrons. The summed E-state index contributed by atoms with van der Waals surface area (Å²) in [5, 5.41) is 0.716. The van der Waals surface area contributed by atoms with E-state index in [0.717, 1.165) is 18.5 Å². The van der Waals surface area contributed by atoms with Crippen LogP contribution in [0.25, 0.3) is 0 Å². The maximum atomic E-state index is 12.9. The zero-order chi connectivity index (χ0) is 16.2. The molecule has 1 aromatic carbocycles. The van der Waals surface area contributed by atoms with E-state index in [1.165, 1.54) is 25.9 Å². The Labute approximate surface area is 155 Å². The smallest absolute Gasteiger partial charge is 0.228 e. The van der Waals surface area contributed by atoms with E-state index < -0.39 is 0 Å². The second-order valence-electron chi connectivity index (χ2n) is 6.48. The fourth-order valence-electron chi connectivity index (χ4n) is 3.99. The number of nitrogens with zero attached hydrogens (tertiary/aromatic N) is 2. The highest BCUT2D eigenvalue weighted by molar-refractivity contribution is 9.09. The molecule has 1 aliphatic carbocycles. The van der Waals surface area contributed by atoms with Gasteiger partial charge in [-0.15, -0.1) is 0 Å². The summed E-state index contributed by atoms with van der Waals surface area (Å²) in [6, 6.07) is 10.9. The van der Waals surface area contributed by atoms with Gasteiger partial charge in [0, 0.05) is 28.3 Å². The van der Waals surface area contributed by atoms with Gasteiger partial charge in [0.05, 0.1) is 6.04 Å². The topological polar surface area (TPSA) is 23.6 Å². The lowest BCUT2D eigenvalue weighted by Gasteiger charge is -2.37. The van der Waals surface area contributed by atoms with E-state index in [0.29, 0.717) is 22.6 Å². The van der Waals surface area contributed by atoms with Crippen LogP contribution in [0.4, 0.5) is 5.69 Å². The van der Waals surface area contributed by atoms with Gasteiger partial charge in [-0.05, 0) is 50.9 Å². The molecule has 3 unspecified atom stereocenters. The van der Waals surface area contributed by atoms with Crippen molar-refractivity contribution in [1.82, 2.24) is 4.90 Å². The first kappa shape index (κ1) is 17.4. The first-order valence-corrected chi connectivity index (χ1v) is 10.6. The number of anilines is 1. The lowest BCUT2D eigenvalue weighted by atomic mass is 10.1. The number of rotatable bonds is 5. The van der Waals surface area contributed by atoms with Crippen molar-refractivity contribution in [2.75, 3.05) is 23.3 Å². The predicted octanol–water partition coefficient (Wildman–Crippen LogP) is 4.19. The number of para-hydroxylation sites is 1. The maximum Gasteiger partial charge on any atom is 0.228 e. The molecule has 1 aromatic rings. The van der Waals surface area contributed by atoms with Crippen molar-refractivity contribution in [2.45, 2.75) is 49.0 Å². The van der Waals surface area contributed by atoms with Crippen molar-refractivity contribution in [2.24, 2.45) is 0 Å². The summed E-state index contributed by atoms with van der Waals surface area (Å²) in [6.45, 7) is 2.35. The standard InChI is InChI=1S/C18H24Br2N2O/c19-9-8-18(23)22(15-6-2-1-3-7-15)17-13-14(20)12-16(17)21-10-4-5-11-21/h1-3,6-7,14,16-17H,4-5,8-13H2. The van der Waals surface area contributed by atoms with Gasteiger partial charge in [0.15, 0.2) is 0 Å². The monoisotopic (exact) mass is 442 g/mol. The van der Waals surface area contributed by atoms with E-state index in [4.69, 9.17) is 0 Å². The maximum absolute atomic E-state index is 12.9. The number of hydrogen-bond donors (Lipinski definition) is 0. The molecule has 0 N–H and O–H groups in total. The Bertz CT molecular complexity index is 519. The highest BCUT2D eigenvalue weighted by Gasteiger charge is 2.42. The van der Waals surface area contributed by atoms with Crippen LogP contribution < -0.4 is 4.90 Å². The molecule has 3 nitrogen and oxygen atoms in total. The van der Waals surface area contributed by atoms with E-state index >= 15 is 0 Å². The van der Waals surface area contributed by atoms with Crippen LogP contribution in [-0.4, -0.2) is 46.1 Å². The third-order valence-electron chi connectivity index (χ3n) is 4.99. The third kappa shape index (κ3) is 3.99. The number of carbonyl (C=O) groups excluding carboxylic acids is 1. The van der Waals surface area contributed by atoms with Gasteiger partial charge in [-0.25, -0.2) is 0 Å². The molecule has 1 saturated carbocycles. The minimum atomic E-state index is 0.226. The van der Waals surface area contributed by atoms with Gasteiger partial charge < -0.3 is 4.90 Å². The van der Waals surface area contributed by atoms with Crippen molar-refractivity contribution in [3.63, 3.8) is 0 Å². The van der Waals surface area contributed by atoms with E-state index in [9.17, 15) is 4.79 Å². The van der Waals surface area contributed by atoms with Crippen LogP contribution in [0.5, 0.6) is 0 Å². The van der Waals surface area contributed by atoms with Gasteiger partial charge in [0.1, 0.15) is 0 Å². The van der Waals surface area contributed by atoms with Crippen molar-refractivity contribution >= 4 is 43.5 Å². The molecule has 1 aliphatic heterocycles. The Morgan fingerprint density at radius 1 is 1.17 bits per heavy atom. The van der Waals surface area contributed by atoms with Gasteiger partial charge in [-0.1, -0.05) is 50.1 Å². The summed E-state index contributed by atoms with van der Waals surface area (Å²) >= 11 is 7.25. The summed E-state index contributed by atoms with van der Waals surface area (Å²) in [5.74, 6) is 0.226. The Morgan fingerprint density at radius 2 is 1.87 bits per heavy atom. The number of hydrogen-bond acceptors (Lipinski definition) is 2. The van der Waals surface area contributed by atoms with Gasteiger partial charge in [-0.3, -0.25) is 9.69 Å². The summed E-state index contributed by atoms with van der Waals surface area (Å²) in [6.07, 6.45) is 5.29. The van der Waals surface area contributed by atoms with Crippen LogP contribution >= 0.6 is 31.9 Å². The molecule has 2 fully saturated rings. The van der Waals surface area contributed by atoms with Gasteiger partial charge in [0.2, 0.25) is 5.91 Å². The minimum absolute atomic E-state index is 0.226. The number of likely N-dealkylation sites (tertiary alicyclic amines) is 1. The molecular weight excluding hydrogens is 420 g/mol. The molecule has 3 rings (SSSR count). The van der Waals surface area contributed by atoms with Crippen LogP contribution in [0.2, 0.25) is 0 Å². The van der Waals surface area contributed by atoms with E-state index in [2.05, 4.69) is 53.8 Å². The Morgan fingerprint density at radius 3 is 2.52 bits per heavy atom. The second kappa shape index (κ2) is 8.13. The molecule has 2 aliphatic rings. The first-order valence-electron chi connectivity index (χ1n) is 8.52. The van der Waals surface area contributed by atoms with Crippen molar-refractivity contribution in [3.05, 3.63) is 30.3 Å². The molecule has 5 heteroatoms. The largest absolute Gasteiger partial charge is 0.308 e. The molecule has 126 valence electrons. The van der Waals surface area contributed by atoms with Gasteiger partial charge >= 0.3 is 0 Å². The molecule has 23 heavy (non-hydrogen) atoms. The molecule has 0 aromatic heterocycles. The lowest BCUT2D eigenvalue weighted by molar-refractivity contribution is -0.118. The Balaban J connectivity index is 1.89. The first-order chi connectivity index (χ1) is 11.2. The molecular formula is C18H24Br2N2O. The zero-order valence-corrected chi connectivity index (χ0v) is 16.5. The number of carbonyl (C=O) groups is 1. The van der Waals surface area contributed by atoms with Crippen molar-refractivity contribution in [3.8, 4) is 0 Å². The second-order valence-corrected chi connectivity index (χ2v) is 8.57. The average molecular weight is 444 g/mol. The SMILES string of the molecule is O=C(CCBr)N(c1ccccc1)C1CC(Br)CC1N1CCCC1. The minimum Gasteiger partial charge on any atom is -0.308 e. The van der Waals surface area contributed by atoms with Crippen molar-refractivity contribution in [1.29, 1.82) is 0 Å². The van der Waals surface area contributed by atoms with E-state index in [-0.39, 0.29) is 11.9 Å². The van der Waals surface area contributed by atoms with E-state index in [1.807, 2.05) is 18.2 Å². The van der Waals surface area contributed by atoms with Crippen LogP contribution in [0.3, 0.4) is 0 Å². The fourth-order valence-corrected chi connectivity index (χ4v) is 5.09. The Kier molecular flexibility index (Phi) is 6.16. The van der Waals surface area contributed by atoms with Gasteiger partial charge in [-0.2, -0.15) is 0 Å². The summed E-state index contributed by atoms with van der Waals surface area (Å²) < 4.78 is 0. The molecule has 3 atom stereocenters. The average Bonchev–Trinajstić information content (AvgIpc) is 3.18. The van der Waals surface area contributed by atoms with Crippen LogP contribution in [-0.2, 0) is 4.79 Å². The van der Waals surface area contributed by atoms with E-state index in [1.54, 1.807) is 0 Å². The highest BCUT2D eigenvalue weighted by Crippen LogP contribution is 2.37. The zero-order valence-electron chi connectivity index (χ0n) is 13.3. The van der Waals surface area contributed by atoms with Gasteiger partial charge in [0.25, 0.3) is 0 Å². The lowest BCUT2D eigenvalue weighted by Crippen LogP contribution is -2.50. The highest BCUT2D eigenvalue weighted by atomic mass is 79.9. The Hall–Kier alpha value is -0.390. The molecule has 0 bridgehead atoms. The third-order valence-corrected chi connectivity index (χ3v) is 6.14. The summed E-state index contributed by atoms with van der Waals surface area (Å²) in [7, 11) is 0. The number of amides is 1. The van der Waals surface area contributed by atoms with Crippen LogP contribution in [0.15, 0.2) is 30.3 Å². The quantitative estimate of drug-likeness (QED) is 0.636. The number of benzene rings is 1. The number of halogens is 2. The van der Waals surface area contributed by atoms with Crippen LogP contribution in [0.1, 0.15) is 32.1 Å². The fraction of sp³-hybridized carbons (Fsp3) is 0.611. The normalized spacial score (nSPS) is 28.2. The number of alkyl halides is 2. The molecule has 1 heterocycles. The van der Waals surface area contributed by atoms with Crippen molar-refractivity contribution < 1.29 is 4.79 Å². The van der Waals surface area contributed by atoms with Crippen LogP contribution in [0, 0.1) is 0 Å². The summed E-state index contributed by atoms with van der Waals surface area (Å²) in [4.78, 5) is 18.0. The summed E-state index contributed by atoms with van der Waals surface area (Å²) in [5.41, 5.74) is 1.04. The molecule has 1 amide bonds. The predicted molar refractivity (Wildman–Crippen MR) is 103 cm³/mol.